The predicted molar refractivity (Wildman–Crippen MR) is 94.1 cm³/mol. The SMILES string of the molecule is C=C(C)C(=C)C.Cc1ccc(C(C)C)cc1.[CH3-].[CH3-].[CH3-].[Ru+3]. The Morgan fingerprint density at radius 1 is 0.850 bits per heavy atom. The summed E-state index contributed by atoms with van der Waals surface area (Å²) >= 11 is 0. The van der Waals surface area contributed by atoms with Gasteiger partial charge in [0.25, 0.3) is 0 Å². The van der Waals surface area contributed by atoms with Crippen LogP contribution in [0.15, 0.2) is 48.6 Å². The molecule has 0 saturated heterocycles. The largest absolute Gasteiger partial charge is 3.00 e. The van der Waals surface area contributed by atoms with E-state index in [2.05, 4.69) is 58.2 Å². The molecule has 0 aliphatic heterocycles. The molecule has 0 fully saturated rings. The summed E-state index contributed by atoms with van der Waals surface area (Å²) < 4.78 is 0. The van der Waals surface area contributed by atoms with Crippen LogP contribution in [0, 0.1) is 29.2 Å². The van der Waals surface area contributed by atoms with E-state index in [-0.39, 0.29) is 41.8 Å². The van der Waals surface area contributed by atoms with Gasteiger partial charge in [0.1, 0.15) is 0 Å². The molecule has 1 rings (SSSR count). The molecular weight excluding hydrogens is 329 g/mol. The molecule has 0 heterocycles. The maximum Gasteiger partial charge on any atom is 3.00 e. The average molecular weight is 363 g/mol. The third kappa shape index (κ3) is 15.4. The van der Waals surface area contributed by atoms with Crippen molar-refractivity contribution in [2.45, 2.75) is 40.5 Å². The molecule has 0 N–H and O–H groups in total. The Balaban J connectivity index is -0.0000000679. The van der Waals surface area contributed by atoms with Gasteiger partial charge in [-0.1, -0.05) is 68.0 Å². The molecule has 1 radical (unpaired) electrons. The fourth-order valence-electron chi connectivity index (χ4n) is 0.951. The third-order valence-corrected chi connectivity index (χ3v) is 2.47. The zero-order valence-corrected chi connectivity index (χ0v) is 16.4. The number of rotatable bonds is 2. The molecule has 0 nitrogen and oxygen atoms in total. The van der Waals surface area contributed by atoms with Crippen molar-refractivity contribution >= 4 is 0 Å². The standard InChI is InChI=1S/C10H14.C6H10.3CH3.Ru/c1-8(2)10-6-4-9(3)5-7-10;1-5(2)6(3)4;;;;/h4-8H,1-3H3;1,3H2,2,4H3;3*1H3;/q;;3*-1;+3. The van der Waals surface area contributed by atoms with E-state index in [1.165, 1.54) is 11.1 Å². The number of hydrogen-bond acceptors (Lipinski definition) is 0. The van der Waals surface area contributed by atoms with Crippen LogP contribution in [-0.2, 0) is 19.5 Å². The zero-order valence-electron chi connectivity index (χ0n) is 14.7. The van der Waals surface area contributed by atoms with E-state index in [1.807, 2.05) is 13.8 Å². The first-order valence-corrected chi connectivity index (χ1v) is 5.72. The van der Waals surface area contributed by atoms with Crippen molar-refractivity contribution in [2.75, 3.05) is 0 Å². The molecular formula is C19H33Ru. The van der Waals surface area contributed by atoms with Gasteiger partial charge in [-0.05, 0) is 32.3 Å². The molecule has 1 aromatic carbocycles. The Kier molecular flexibility index (Phi) is 25.9. The van der Waals surface area contributed by atoms with Gasteiger partial charge in [-0.25, -0.2) is 0 Å². The monoisotopic (exact) mass is 363 g/mol. The molecule has 0 aliphatic carbocycles. The van der Waals surface area contributed by atoms with Crippen LogP contribution >= 0.6 is 0 Å². The van der Waals surface area contributed by atoms with E-state index in [9.17, 15) is 0 Å². The summed E-state index contributed by atoms with van der Waals surface area (Å²) in [4.78, 5) is 0. The first-order valence-electron chi connectivity index (χ1n) is 5.72. The maximum absolute atomic E-state index is 3.66. The molecule has 0 amide bonds. The number of aryl methyl sites for hydroxylation is 1. The van der Waals surface area contributed by atoms with Gasteiger partial charge in [-0.2, -0.15) is 0 Å². The molecule has 0 saturated carbocycles. The molecule has 1 heteroatoms. The Morgan fingerprint density at radius 2 is 1.15 bits per heavy atom. The fraction of sp³-hybridized carbons (Fsp3) is 0.316. The Morgan fingerprint density at radius 3 is 1.35 bits per heavy atom. The fourth-order valence-corrected chi connectivity index (χ4v) is 0.951. The van der Waals surface area contributed by atoms with E-state index in [0.29, 0.717) is 5.92 Å². The number of allylic oxidation sites excluding steroid dienone is 2. The summed E-state index contributed by atoms with van der Waals surface area (Å²) in [5, 5.41) is 0. The molecule has 0 unspecified atom stereocenters. The van der Waals surface area contributed by atoms with Gasteiger partial charge in [0.05, 0.1) is 0 Å². The molecule has 0 aromatic heterocycles. The first-order chi connectivity index (χ1) is 7.34. The minimum atomic E-state index is 0. The number of hydrogen-bond donors (Lipinski definition) is 0. The Hall–Kier alpha value is -0.677. The smallest absolute Gasteiger partial charge is 0.358 e. The molecule has 1 aromatic rings. The first kappa shape index (κ1) is 31.6. The topological polar surface area (TPSA) is 0 Å². The van der Waals surface area contributed by atoms with Gasteiger partial charge in [-0.15, -0.1) is 0 Å². The molecule has 0 atom stereocenters. The van der Waals surface area contributed by atoms with Gasteiger partial charge >= 0.3 is 19.5 Å². The second kappa shape index (κ2) is 16.4. The van der Waals surface area contributed by atoms with Crippen LogP contribution in [-0.4, -0.2) is 0 Å². The van der Waals surface area contributed by atoms with Crippen molar-refractivity contribution in [3.05, 3.63) is 82.0 Å². The second-order valence-corrected chi connectivity index (χ2v) is 4.63. The van der Waals surface area contributed by atoms with E-state index in [4.69, 9.17) is 0 Å². The Labute approximate surface area is 142 Å². The normalized spacial score (nSPS) is 7.50. The zero-order chi connectivity index (χ0) is 12.7. The quantitative estimate of drug-likeness (QED) is 0.316. The van der Waals surface area contributed by atoms with Crippen molar-refractivity contribution < 1.29 is 19.5 Å². The van der Waals surface area contributed by atoms with Crippen LogP contribution in [0.5, 0.6) is 0 Å². The van der Waals surface area contributed by atoms with Gasteiger partial charge in [0, 0.05) is 0 Å². The van der Waals surface area contributed by atoms with Crippen molar-refractivity contribution in [3.8, 4) is 0 Å². The van der Waals surface area contributed by atoms with E-state index < -0.39 is 0 Å². The van der Waals surface area contributed by atoms with Crippen molar-refractivity contribution in [2.24, 2.45) is 0 Å². The van der Waals surface area contributed by atoms with Gasteiger partial charge in [0.15, 0.2) is 0 Å². The van der Waals surface area contributed by atoms with Gasteiger partial charge in [-0.3, -0.25) is 0 Å². The third-order valence-electron chi connectivity index (χ3n) is 2.47. The molecule has 0 bridgehead atoms. The maximum atomic E-state index is 3.66. The summed E-state index contributed by atoms with van der Waals surface area (Å²) in [5.41, 5.74) is 4.89. The Bertz CT molecular complexity index is 333. The van der Waals surface area contributed by atoms with Crippen LogP contribution in [0.4, 0.5) is 0 Å². The van der Waals surface area contributed by atoms with E-state index in [0.717, 1.165) is 11.1 Å². The van der Waals surface area contributed by atoms with E-state index in [1.54, 1.807) is 0 Å². The van der Waals surface area contributed by atoms with Crippen molar-refractivity contribution in [1.29, 1.82) is 0 Å². The minimum Gasteiger partial charge on any atom is -0.358 e. The predicted octanol–water partition coefficient (Wildman–Crippen LogP) is 6.61. The molecule has 117 valence electrons. The molecule has 0 aliphatic rings. The molecule has 20 heavy (non-hydrogen) atoms. The van der Waals surface area contributed by atoms with Crippen LogP contribution in [0.2, 0.25) is 0 Å². The summed E-state index contributed by atoms with van der Waals surface area (Å²) in [5.74, 6) is 0.653. The van der Waals surface area contributed by atoms with Gasteiger partial charge in [0.2, 0.25) is 0 Å². The second-order valence-electron chi connectivity index (χ2n) is 4.63. The van der Waals surface area contributed by atoms with Crippen molar-refractivity contribution in [3.63, 3.8) is 0 Å². The van der Waals surface area contributed by atoms with Crippen LogP contribution in [0.1, 0.15) is 44.7 Å². The minimum absolute atomic E-state index is 0. The van der Waals surface area contributed by atoms with Gasteiger partial charge < -0.3 is 22.3 Å². The van der Waals surface area contributed by atoms with Crippen molar-refractivity contribution in [1.82, 2.24) is 0 Å². The summed E-state index contributed by atoms with van der Waals surface area (Å²) in [7, 11) is 0. The summed E-state index contributed by atoms with van der Waals surface area (Å²) in [6, 6.07) is 8.71. The van der Waals surface area contributed by atoms with Crippen LogP contribution in [0.3, 0.4) is 0 Å². The molecule has 0 spiro atoms. The van der Waals surface area contributed by atoms with Crippen LogP contribution in [0.25, 0.3) is 0 Å². The van der Waals surface area contributed by atoms with E-state index >= 15 is 0 Å². The summed E-state index contributed by atoms with van der Waals surface area (Å²) in [6.45, 7) is 17.7. The number of benzene rings is 1. The van der Waals surface area contributed by atoms with Crippen LogP contribution < -0.4 is 0 Å². The summed E-state index contributed by atoms with van der Waals surface area (Å²) in [6.07, 6.45) is 0. The average Bonchev–Trinajstić information content (AvgIpc) is 2.19.